The first-order valence-corrected chi connectivity index (χ1v) is 9.94. The summed E-state index contributed by atoms with van der Waals surface area (Å²) in [6, 6.07) is 9.02. The number of rotatable bonds is 7. The molecule has 0 unspecified atom stereocenters. The molecule has 1 aliphatic carbocycles. The zero-order valence-electron chi connectivity index (χ0n) is 14.7. The summed E-state index contributed by atoms with van der Waals surface area (Å²) in [7, 11) is 0. The van der Waals surface area contributed by atoms with E-state index in [9.17, 15) is 0 Å². The van der Waals surface area contributed by atoms with Crippen molar-refractivity contribution in [1.29, 1.82) is 0 Å². The zero-order chi connectivity index (χ0) is 15.2. The van der Waals surface area contributed by atoms with Crippen LogP contribution in [0.4, 0.5) is 0 Å². The predicted octanol–water partition coefficient (Wildman–Crippen LogP) is 5.93. The van der Waals surface area contributed by atoms with Crippen LogP contribution in [0.2, 0.25) is 0 Å². The third-order valence-corrected chi connectivity index (χ3v) is 6.15. The normalized spacial score (nSPS) is 13.7. The van der Waals surface area contributed by atoms with Gasteiger partial charge in [-0.1, -0.05) is 0 Å². The third-order valence-electron chi connectivity index (χ3n) is 4.50. The van der Waals surface area contributed by atoms with Gasteiger partial charge in [0.1, 0.15) is 0 Å². The summed E-state index contributed by atoms with van der Waals surface area (Å²) in [4.78, 5) is 0. The van der Waals surface area contributed by atoms with E-state index in [1.54, 1.807) is 11.1 Å². The standard InChI is InChI=1S/C15H17.C4H10N.2ClH.Ti/c1-10-7-5-6-8-14(10)15-9-11(2)12(3)13(15)4;1-2-3-4-5;;;/h5-8H,1,9H2,2-4H3;5H,2-4H2,1H3;2*1H;/q;-1;;;+1. The molecule has 0 saturated heterocycles. The monoisotopic (exact) mass is 389 g/mol. The Morgan fingerprint density at radius 1 is 1.04 bits per heavy atom. The fraction of sp³-hybridized carbons (Fsp3) is 0.474. The summed E-state index contributed by atoms with van der Waals surface area (Å²) in [6.45, 7) is 10.3. The third kappa shape index (κ3) is 6.07. The summed E-state index contributed by atoms with van der Waals surface area (Å²) in [6.07, 6.45) is 3.72. The Morgan fingerprint density at radius 3 is 2.35 bits per heavy atom. The van der Waals surface area contributed by atoms with Crippen molar-refractivity contribution >= 4 is 30.4 Å². The van der Waals surface area contributed by atoms with Gasteiger partial charge in [-0.3, -0.25) is 0 Å². The summed E-state index contributed by atoms with van der Waals surface area (Å²) < 4.78 is 4.92. The van der Waals surface area contributed by atoms with Crippen molar-refractivity contribution in [3.63, 3.8) is 0 Å². The van der Waals surface area contributed by atoms with E-state index in [2.05, 4.69) is 55.8 Å². The average Bonchev–Trinajstić information content (AvgIpc) is 2.75. The Morgan fingerprint density at radius 2 is 1.74 bits per heavy atom. The van der Waals surface area contributed by atoms with E-state index in [0.717, 1.165) is 6.42 Å². The van der Waals surface area contributed by atoms with Gasteiger partial charge in [0.2, 0.25) is 0 Å². The van der Waals surface area contributed by atoms with Crippen molar-refractivity contribution in [3.8, 4) is 0 Å². The van der Waals surface area contributed by atoms with Crippen LogP contribution in [0.3, 0.4) is 0 Å². The maximum absolute atomic E-state index is 3.68. The molecule has 0 radical (unpaired) electrons. The number of nitrogens with one attached hydrogen (secondary N) is 1. The van der Waals surface area contributed by atoms with Crippen LogP contribution in [0.25, 0.3) is 5.57 Å². The van der Waals surface area contributed by atoms with Crippen LogP contribution in [0.15, 0.2) is 41.0 Å². The van der Waals surface area contributed by atoms with E-state index in [-0.39, 0.29) is 44.2 Å². The first-order valence-electron chi connectivity index (χ1n) is 8.05. The van der Waals surface area contributed by atoms with Gasteiger partial charge in [0.25, 0.3) is 0 Å². The molecule has 0 spiro atoms. The first-order chi connectivity index (χ1) is 10.1. The molecule has 1 aromatic rings. The summed E-state index contributed by atoms with van der Waals surface area (Å²) in [5.74, 6) is 0. The Hall–Kier alpha value is -0.0457. The van der Waals surface area contributed by atoms with E-state index in [1.807, 2.05) is 0 Å². The Bertz CT molecular complexity index is 564. The molecule has 1 N–H and O–H groups in total. The van der Waals surface area contributed by atoms with Crippen molar-refractivity contribution in [2.45, 2.75) is 51.7 Å². The van der Waals surface area contributed by atoms with Crippen LogP contribution in [0.5, 0.6) is 0 Å². The van der Waals surface area contributed by atoms with Crippen LogP contribution < -0.4 is 3.80 Å². The van der Waals surface area contributed by atoms with E-state index in [1.165, 1.54) is 46.4 Å². The van der Waals surface area contributed by atoms with Gasteiger partial charge in [-0.05, 0) is 0 Å². The number of hydrogen-bond acceptors (Lipinski definition) is 1. The van der Waals surface area contributed by atoms with Crippen molar-refractivity contribution in [3.05, 3.63) is 52.1 Å². The molecule has 0 aliphatic heterocycles. The largest absolute Gasteiger partial charge is 0.147 e. The van der Waals surface area contributed by atoms with Crippen LogP contribution in [0, 0.1) is 0 Å². The molecule has 4 heteroatoms. The molecule has 0 heterocycles. The van der Waals surface area contributed by atoms with E-state index >= 15 is 0 Å². The number of halogens is 2. The molecular formula is C19H29Cl2NTi. The maximum atomic E-state index is 3.68. The zero-order valence-corrected chi connectivity index (χ0v) is 17.9. The number of unbranched alkanes of at least 4 members (excludes halogenated alkanes) is 1. The molecule has 1 nitrogen and oxygen atoms in total. The smallest absolute Gasteiger partial charge is 0.147 e. The van der Waals surface area contributed by atoms with Gasteiger partial charge in [0.15, 0.2) is 0 Å². The second-order valence-electron chi connectivity index (χ2n) is 5.98. The number of hydrogen-bond donors (Lipinski definition) is 1. The Labute approximate surface area is 163 Å². The fourth-order valence-corrected chi connectivity index (χ4v) is 4.38. The fourth-order valence-electron chi connectivity index (χ4n) is 2.85. The van der Waals surface area contributed by atoms with Crippen molar-refractivity contribution < 1.29 is 19.4 Å². The van der Waals surface area contributed by atoms with Gasteiger partial charge in [0.05, 0.1) is 0 Å². The predicted molar refractivity (Wildman–Crippen MR) is 103 cm³/mol. The van der Waals surface area contributed by atoms with Crippen LogP contribution in [0.1, 0.15) is 58.1 Å². The van der Waals surface area contributed by atoms with Crippen LogP contribution in [-0.2, 0) is 24.1 Å². The van der Waals surface area contributed by atoms with Gasteiger partial charge in [0, 0.05) is 0 Å². The van der Waals surface area contributed by atoms with E-state index in [0.29, 0.717) is 0 Å². The van der Waals surface area contributed by atoms with Gasteiger partial charge in [-0.25, -0.2) is 0 Å². The average molecular weight is 390 g/mol. The van der Waals surface area contributed by atoms with E-state index in [4.69, 9.17) is 0 Å². The molecule has 128 valence electrons. The van der Waals surface area contributed by atoms with Crippen molar-refractivity contribution in [2.24, 2.45) is 0 Å². The molecule has 0 aromatic heterocycles. The molecule has 0 bridgehead atoms. The molecule has 0 fully saturated rings. The minimum atomic E-state index is -0.0585. The molecular weight excluding hydrogens is 361 g/mol. The SMILES string of the molecule is CCCC[NH][Ti][CH2]c1ccccc1C1=C(C)C(C)=C(C)C1.Cl.Cl. The Balaban J connectivity index is 0.00000242. The van der Waals surface area contributed by atoms with Crippen LogP contribution in [-0.4, -0.2) is 6.54 Å². The Kier molecular flexibility index (Phi) is 11.5. The molecule has 1 aromatic carbocycles. The van der Waals surface area contributed by atoms with Crippen molar-refractivity contribution in [2.75, 3.05) is 6.54 Å². The number of allylic oxidation sites excluding steroid dienone is 4. The molecule has 23 heavy (non-hydrogen) atoms. The van der Waals surface area contributed by atoms with Crippen LogP contribution >= 0.6 is 24.8 Å². The molecule has 0 amide bonds. The minimum absolute atomic E-state index is 0. The molecule has 1 aliphatic rings. The molecule has 2 rings (SSSR count). The topological polar surface area (TPSA) is 12.0 Å². The summed E-state index contributed by atoms with van der Waals surface area (Å²) in [5.41, 5.74) is 9.12. The maximum Gasteiger partial charge on any atom is -0.147 e. The van der Waals surface area contributed by atoms with E-state index < -0.39 is 0 Å². The second-order valence-corrected chi connectivity index (χ2v) is 7.63. The van der Waals surface area contributed by atoms with Crippen molar-refractivity contribution in [1.82, 2.24) is 3.80 Å². The second kappa shape index (κ2) is 11.5. The summed E-state index contributed by atoms with van der Waals surface area (Å²) in [5, 5.41) is 0. The quantitative estimate of drug-likeness (QED) is 0.450. The van der Waals surface area contributed by atoms with Gasteiger partial charge in [-0.2, -0.15) is 0 Å². The molecule has 0 saturated carbocycles. The van der Waals surface area contributed by atoms with Gasteiger partial charge >= 0.3 is 139 Å². The minimum Gasteiger partial charge on any atom is -0.147 e. The first kappa shape index (κ1) is 23.0. The molecule has 0 atom stereocenters. The summed E-state index contributed by atoms with van der Waals surface area (Å²) >= 11 is -0.0585. The number of benzene rings is 1. The van der Waals surface area contributed by atoms with Gasteiger partial charge in [-0.15, -0.1) is 24.8 Å². The van der Waals surface area contributed by atoms with Gasteiger partial charge < -0.3 is 0 Å².